The number of nitro groups is 1. The van der Waals surface area contributed by atoms with Gasteiger partial charge < -0.3 is 10.5 Å². The third-order valence-corrected chi connectivity index (χ3v) is 2.16. The minimum Gasteiger partial charge on any atom is -0.473 e. The lowest BCUT2D eigenvalue weighted by Gasteiger charge is -2.07. The Morgan fingerprint density at radius 2 is 2.24 bits per heavy atom. The molecule has 0 radical (unpaired) electrons. The number of hydrogen-bond acceptors (Lipinski definition) is 6. The van der Waals surface area contributed by atoms with Gasteiger partial charge in [-0.1, -0.05) is 13.8 Å². The number of aromatic nitrogens is 2. The number of nitrogens with zero attached hydrogens (tertiary/aromatic N) is 3. The fraction of sp³-hybridized carbons (Fsp3) is 0.600. The van der Waals surface area contributed by atoms with E-state index in [0.717, 1.165) is 19.2 Å². The van der Waals surface area contributed by atoms with Crippen molar-refractivity contribution in [2.75, 3.05) is 12.3 Å². The molecular formula is C10H16N4O3. The largest absolute Gasteiger partial charge is 0.473 e. The summed E-state index contributed by atoms with van der Waals surface area (Å²) in [7, 11) is 0. The van der Waals surface area contributed by atoms with E-state index in [1.54, 1.807) is 0 Å². The first-order valence-corrected chi connectivity index (χ1v) is 5.40. The van der Waals surface area contributed by atoms with Crippen LogP contribution in [-0.2, 0) is 0 Å². The number of nitrogens with two attached hydrogens (primary N) is 1. The lowest BCUT2D eigenvalue weighted by molar-refractivity contribution is -0.385. The first-order chi connectivity index (χ1) is 8.02. The Morgan fingerprint density at radius 3 is 2.82 bits per heavy atom. The van der Waals surface area contributed by atoms with Gasteiger partial charge in [-0.3, -0.25) is 10.1 Å². The van der Waals surface area contributed by atoms with Crippen LogP contribution in [0.1, 0.15) is 26.7 Å². The summed E-state index contributed by atoms with van der Waals surface area (Å²) in [5.74, 6) is 0.333. The van der Waals surface area contributed by atoms with Crippen LogP contribution in [0.4, 0.5) is 11.5 Å². The molecule has 0 amide bonds. The molecular weight excluding hydrogens is 224 g/mol. The van der Waals surface area contributed by atoms with Crippen molar-refractivity contribution in [2.45, 2.75) is 26.7 Å². The minimum absolute atomic E-state index is 0.0637. The molecule has 0 unspecified atom stereocenters. The topological polar surface area (TPSA) is 104 Å². The molecule has 7 nitrogen and oxygen atoms in total. The second-order valence-corrected chi connectivity index (χ2v) is 4.05. The summed E-state index contributed by atoms with van der Waals surface area (Å²) in [6.45, 7) is 4.59. The quantitative estimate of drug-likeness (QED) is 0.461. The molecule has 1 aromatic heterocycles. The maximum absolute atomic E-state index is 10.7. The van der Waals surface area contributed by atoms with E-state index in [9.17, 15) is 10.1 Å². The molecule has 0 saturated carbocycles. The molecule has 0 aliphatic carbocycles. The van der Waals surface area contributed by atoms with Gasteiger partial charge in [-0.2, -0.15) is 4.98 Å². The molecule has 0 fully saturated rings. The van der Waals surface area contributed by atoms with E-state index in [2.05, 4.69) is 23.8 Å². The van der Waals surface area contributed by atoms with Gasteiger partial charge in [0, 0.05) is 0 Å². The molecule has 17 heavy (non-hydrogen) atoms. The highest BCUT2D eigenvalue weighted by atomic mass is 16.6. The summed E-state index contributed by atoms with van der Waals surface area (Å²) in [6, 6.07) is 0. The number of rotatable bonds is 6. The fourth-order valence-corrected chi connectivity index (χ4v) is 1.31. The van der Waals surface area contributed by atoms with Crippen molar-refractivity contribution in [3.05, 3.63) is 16.4 Å². The Bertz CT molecular complexity index is 395. The van der Waals surface area contributed by atoms with Gasteiger partial charge in [0.25, 0.3) is 5.88 Å². The molecule has 0 aliphatic heterocycles. The summed E-state index contributed by atoms with van der Waals surface area (Å²) >= 11 is 0. The van der Waals surface area contributed by atoms with E-state index in [0.29, 0.717) is 12.5 Å². The van der Waals surface area contributed by atoms with Gasteiger partial charge in [0.15, 0.2) is 0 Å². The van der Waals surface area contributed by atoms with Crippen LogP contribution in [0.15, 0.2) is 6.33 Å². The summed E-state index contributed by atoms with van der Waals surface area (Å²) in [5.41, 5.74) is 5.04. The highest BCUT2D eigenvalue weighted by Gasteiger charge is 2.22. The van der Waals surface area contributed by atoms with E-state index in [-0.39, 0.29) is 17.4 Å². The molecule has 1 rings (SSSR count). The molecule has 1 heterocycles. The second-order valence-electron chi connectivity index (χ2n) is 4.05. The molecule has 0 spiro atoms. The van der Waals surface area contributed by atoms with Gasteiger partial charge in [-0.15, -0.1) is 0 Å². The molecule has 2 N–H and O–H groups in total. The lowest BCUT2D eigenvalue weighted by atomic mass is 10.1. The van der Waals surface area contributed by atoms with E-state index < -0.39 is 4.92 Å². The maximum atomic E-state index is 10.7. The Morgan fingerprint density at radius 1 is 1.53 bits per heavy atom. The Kier molecular flexibility index (Phi) is 4.62. The predicted molar refractivity (Wildman–Crippen MR) is 62.7 cm³/mol. The number of nitrogen functional groups attached to an aromatic ring is 1. The lowest BCUT2D eigenvalue weighted by Crippen LogP contribution is -2.06. The summed E-state index contributed by atoms with van der Waals surface area (Å²) < 4.78 is 5.26. The van der Waals surface area contributed by atoms with Crippen molar-refractivity contribution in [3.8, 4) is 5.88 Å². The molecule has 7 heteroatoms. The van der Waals surface area contributed by atoms with Crippen LogP contribution in [0.3, 0.4) is 0 Å². The van der Waals surface area contributed by atoms with Crippen molar-refractivity contribution in [1.29, 1.82) is 0 Å². The van der Waals surface area contributed by atoms with Crippen molar-refractivity contribution in [2.24, 2.45) is 5.92 Å². The third kappa shape index (κ3) is 3.86. The summed E-state index contributed by atoms with van der Waals surface area (Å²) in [5, 5.41) is 10.7. The average molecular weight is 240 g/mol. The molecule has 0 saturated heterocycles. The van der Waals surface area contributed by atoms with Crippen molar-refractivity contribution in [1.82, 2.24) is 9.97 Å². The molecule has 0 bridgehead atoms. The minimum atomic E-state index is -0.632. The number of anilines is 1. The van der Waals surface area contributed by atoms with Gasteiger partial charge >= 0.3 is 5.69 Å². The van der Waals surface area contributed by atoms with Crippen LogP contribution in [0.2, 0.25) is 0 Å². The van der Waals surface area contributed by atoms with E-state index in [1.807, 2.05) is 0 Å². The van der Waals surface area contributed by atoms with Crippen LogP contribution < -0.4 is 10.5 Å². The van der Waals surface area contributed by atoms with Crippen LogP contribution in [0.25, 0.3) is 0 Å². The van der Waals surface area contributed by atoms with Crippen molar-refractivity contribution < 1.29 is 9.66 Å². The van der Waals surface area contributed by atoms with Crippen LogP contribution in [-0.4, -0.2) is 21.5 Å². The van der Waals surface area contributed by atoms with E-state index in [1.165, 1.54) is 0 Å². The van der Waals surface area contributed by atoms with Gasteiger partial charge in [0.2, 0.25) is 5.82 Å². The first kappa shape index (κ1) is 13.1. The van der Waals surface area contributed by atoms with Gasteiger partial charge in [-0.05, 0) is 18.8 Å². The zero-order chi connectivity index (χ0) is 12.8. The molecule has 0 atom stereocenters. The average Bonchev–Trinajstić information content (AvgIpc) is 2.23. The predicted octanol–water partition coefficient (Wildman–Crippen LogP) is 1.78. The standard InChI is InChI=1S/C10H16N4O3/c1-7(2)4-3-5-17-10-8(14(15)16)9(11)12-6-13-10/h6-7H,3-5H2,1-2H3,(H2,11,12,13). The Balaban J connectivity index is 2.64. The zero-order valence-corrected chi connectivity index (χ0v) is 9.92. The van der Waals surface area contributed by atoms with Crippen molar-refractivity contribution in [3.63, 3.8) is 0 Å². The van der Waals surface area contributed by atoms with Crippen LogP contribution in [0, 0.1) is 16.0 Å². The zero-order valence-electron chi connectivity index (χ0n) is 9.92. The number of ether oxygens (including phenoxy) is 1. The summed E-state index contributed by atoms with van der Waals surface area (Å²) in [6.07, 6.45) is 2.97. The highest BCUT2D eigenvalue weighted by Crippen LogP contribution is 2.28. The monoisotopic (exact) mass is 240 g/mol. The van der Waals surface area contributed by atoms with Crippen molar-refractivity contribution >= 4 is 11.5 Å². The SMILES string of the molecule is CC(C)CCCOc1ncnc(N)c1[N+](=O)[O-]. The third-order valence-electron chi connectivity index (χ3n) is 2.16. The molecule has 1 aromatic rings. The van der Waals surface area contributed by atoms with Gasteiger partial charge in [-0.25, -0.2) is 4.98 Å². The molecule has 0 aliphatic rings. The number of hydrogen-bond donors (Lipinski definition) is 1. The van der Waals surface area contributed by atoms with E-state index in [4.69, 9.17) is 10.5 Å². The first-order valence-electron chi connectivity index (χ1n) is 5.40. The highest BCUT2D eigenvalue weighted by molar-refractivity contribution is 5.57. The van der Waals surface area contributed by atoms with Crippen LogP contribution in [0.5, 0.6) is 5.88 Å². The normalized spacial score (nSPS) is 10.5. The van der Waals surface area contributed by atoms with Gasteiger partial charge in [0.05, 0.1) is 11.5 Å². The molecule has 94 valence electrons. The van der Waals surface area contributed by atoms with E-state index >= 15 is 0 Å². The summed E-state index contributed by atoms with van der Waals surface area (Å²) in [4.78, 5) is 17.4. The maximum Gasteiger partial charge on any atom is 0.372 e. The Hall–Kier alpha value is -1.92. The van der Waals surface area contributed by atoms with Gasteiger partial charge in [0.1, 0.15) is 6.33 Å². The fourth-order valence-electron chi connectivity index (χ4n) is 1.31. The van der Waals surface area contributed by atoms with Crippen LogP contribution >= 0.6 is 0 Å². The second kappa shape index (κ2) is 5.97. The Labute approximate surface area is 99.2 Å². The smallest absolute Gasteiger partial charge is 0.372 e. The molecule has 0 aromatic carbocycles.